The van der Waals surface area contributed by atoms with Gasteiger partial charge < -0.3 is 14.6 Å². The molecule has 94 valence electrons. The molecule has 0 radical (unpaired) electrons. The Morgan fingerprint density at radius 3 is 2.65 bits per heavy atom. The highest BCUT2D eigenvalue weighted by atomic mass is 16.4. The van der Waals surface area contributed by atoms with E-state index in [2.05, 4.69) is 0 Å². The van der Waals surface area contributed by atoms with Crippen LogP contribution in [-0.2, 0) is 0 Å². The summed E-state index contributed by atoms with van der Waals surface area (Å²) in [5.41, 5.74) is -0.0254. The Morgan fingerprint density at radius 2 is 2.12 bits per heavy atom. The smallest absolute Gasteiger partial charge is 0.337 e. The van der Waals surface area contributed by atoms with E-state index in [9.17, 15) is 9.59 Å². The van der Waals surface area contributed by atoms with Gasteiger partial charge in [-0.2, -0.15) is 0 Å². The highest BCUT2D eigenvalue weighted by molar-refractivity contribution is 5.87. The van der Waals surface area contributed by atoms with E-state index in [4.69, 9.17) is 5.11 Å². The molecule has 1 unspecified atom stereocenters. The number of nitrogens with zero attached hydrogens (tertiary/aromatic N) is 2. The van der Waals surface area contributed by atoms with Crippen molar-refractivity contribution in [2.75, 3.05) is 20.6 Å². The second-order valence-electron chi connectivity index (χ2n) is 4.41. The Labute approximate surface area is 100 Å². The fourth-order valence-electron chi connectivity index (χ4n) is 1.56. The molecular formula is C12H18N2O3. The Balaban J connectivity index is 2.92. The standard InChI is InChI=1S/C12H18N2O3/c1-9(6-7-13(2)3)14-8-10(12(16)17)4-5-11(14)15/h4-5,8-9H,6-7H2,1-3H3,(H,16,17). The Kier molecular flexibility index (Phi) is 4.45. The van der Waals surface area contributed by atoms with E-state index >= 15 is 0 Å². The van der Waals surface area contributed by atoms with Gasteiger partial charge in [-0.15, -0.1) is 0 Å². The number of hydrogen-bond acceptors (Lipinski definition) is 3. The summed E-state index contributed by atoms with van der Waals surface area (Å²) < 4.78 is 1.48. The Morgan fingerprint density at radius 1 is 1.47 bits per heavy atom. The lowest BCUT2D eigenvalue weighted by atomic mass is 10.2. The van der Waals surface area contributed by atoms with E-state index in [0.717, 1.165) is 13.0 Å². The zero-order valence-electron chi connectivity index (χ0n) is 10.4. The van der Waals surface area contributed by atoms with Gasteiger partial charge in [0.05, 0.1) is 5.56 Å². The van der Waals surface area contributed by atoms with Gasteiger partial charge in [-0.05, 0) is 40.1 Å². The highest BCUT2D eigenvalue weighted by Crippen LogP contribution is 2.09. The average Bonchev–Trinajstić information content (AvgIpc) is 2.26. The van der Waals surface area contributed by atoms with Crippen molar-refractivity contribution in [3.8, 4) is 0 Å². The molecule has 17 heavy (non-hydrogen) atoms. The number of carbonyl (C=O) groups is 1. The van der Waals surface area contributed by atoms with Gasteiger partial charge in [0.25, 0.3) is 5.56 Å². The monoisotopic (exact) mass is 238 g/mol. The molecule has 1 heterocycles. The first kappa shape index (κ1) is 13.4. The van der Waals surface area contributed by atoms with E-state index in [1.54, 1.807) is 0 Å². The highest BCUT2D eigenvalue weighted by Gasteiger charge is 2.10. The molecule has 0 aliphatic heterocycles. The zero-order valence-corrected chi connectivity index (χ0v) is 10.4. The first-order valence-corrected chi connectivity index (χ1v) is 5.52. The maximum absolute atomic E-state index is 11.6. The molecule has 0 fully saturated rings. The summed E-state index contributed by atoms with van der Waals surface area (Å²) in [6.45, 7) is 2.77. The van der Waals surface area contributed by atoms with Crippen LogP contribution in [0.5, 0.6) is 0 Å². The summed E-state index contributed by atoms with van der Waals surface area (Å²) in [7, 11) is 3.92. The van der Waals surface area contributed by atoms with Gasteiger partial charge >= 0.3 is 5.97 Å². The first-order chi connectivity index (χ1) is 7.91. The first-order valence-electron chi connectivity index (χ1n) is 5.52. The Bertz CT molecular complexity index is 451. The number of carboxylic acid groups (broad SMARTS) is 1. The van der Waals surface area contributed by atoms with Crippen LogP contribution in [-0.4, -0.2) is 41.2 Å². The molecule has 0 aliphatic rings. The van der Waals surface area contributed by atoms with Gasteiger partial charge in [0.1, 0.15) is 0 Å². The lowest BCUT2D eigenvalue weighted by molar-refractivity contribution is 0.0695. The number of carboxylic acids is 1. The summed E-state index contributed by atoms with van der Waals surface area (Å²) in [6, 6.07) is 2.62. The summed E-state index contributed by atoms with van der Waals surface area (Å²) in [6.07, 6.45) is 2.21. The molecule has 5 heteroatoms. The molecular weight excluding hydrogens is 220 g/mol. The van der Waals surface area contributed by atoms with Gasteiger partial charge in [-0.3, -0.25) is 4.79 Å². The number of pyridine rings is 1. The molecule has 1 aromatic rings. The van der Waals surface area contributed by atoms with E-state index in [0.29, 0.717) is 0 Å². The molecule has 0 aromatic carbocycles. The summed E-state index contributed by atoms with van der Waals surface area (Å²) in [5, 5.41) is 8.88. The van der Waals surface area contributed by atoms with Crippen LogP contribution >= 0.6 is 0 Å². The third-order valence-electron chi connectivity index (χ3n) is 2.65. The quantitative estimate of drug-likeness (QED) is 0.833. The molecule has 0 aliphatic carbocycles. The second kappa shape index (κ2) is 5.63. The molecule has 1 N–H and O–H groups in total. The third-order valence-corrected chi connectivity index (χ3v) is 2.65. The van der Waals surface area contributed by atoms with E-state index in [1.807, 2.05) is 25.9 Å². The maximum atomic E-state index is 11.6. The fourth-order valence-corrected chi connectivity index (χ4v) is 1.56. The SMILES string of the molecule is CC(CCN(C)C)n1cc(C(=O)O)ccc1=O. The molecule has 1 rings (SSSR count). The van der Waals surface area contributed by atoms with Gasteiger partial charge in [-0.1, -0.05) is 0 Å². The largest absolute Gasteiger partial charge is 0.478 e. The number of aromatic carboxylic acids is 1. The minimum atomic E-state index is -1.02. The number of hydrogen-bond donors (Lipinski definition) is 1. The van der Waals surface area contributed by atoms with Gasteiger partial charge in [0.2, 0.25) is 0 Å². The average molecular weight is 238 g/mol. The van der Waals surface area contributed by atoms with Crippen molar-refractivity contribution in [3.63, 3.8) is 0 Å². The fraction of sp³-hybridized carbons (Fsp3) is 0.500. The molecule has 5 nitrogen and oxygen atoms in total. The second-order valence-corrected chi connectivity index (χ2v) is 4.41. The van der Waals surface area contributed by atoms with Crippen LogP contribution in [0.25, 0.3) is 0 Å². The van der Waals surface area contributed by atoms with E-state index in [1.165, 1.54) is 22.9 Å². The lowest BCUT2D eigenvalue weighted by Gasteiger charge is -2.17. The van der Waals surface area contributed by atoms with Crippen LogP contribution in [0.3, 0.4) is 0 Å². The molecule has 0 bridgehead atoms. The van der Waals surface area contributed by atoms with Crippen molar-refractivity contribution < 1.29 is 9.90 Å². The number of aromatic nitrogens is 1. The summed E-state index contributed by atoms with van der Waals surface area (Å²) in [5.74, 6) is -1.02. The summed E-state index contributed by atoms with van der Waals surface area (Å²) in [4.78, 5) is 24.5. The van der Waals surface area contributed by atoms with Crippen molar-refractivity contribution in [1.82, 2.24) is 9.47 Å². The van der Waals surface area contributed by atoms with Crippen LogP contribution in [0.2, 0.25) is 0 Å². The molecule has 0 amide bonds. The predicted octanol–water partition coefficient (Wildman–Crippen LogP) is 1.06. The van der Waals surface area contributed by atoms with Gasteiger partial charge in [-0.25, -0.2) is 4.79 Å². The van der Waals surface area contributed by atoms with Crippen molar-refractivity contribution >= 4 is 5.97 Å². The van der Waals surface area contributed by atoms with Crippen LogP contribution in [0, 0.1) is 0 Å². The van der Waals surface area contributed by atoms with Gasteiger partial charge in [0.15, 0.2) is 0 Å². The lowest BCUT2D eigenvalue weighted by Crippen LogP contribution is -2.26. The van der Waals surface area contributed by atoms with E-state index in [-0.39, 0.29) is 17.2 Å². The van der Waals surface area contributed by atoms with Crippen molar-refractivity contribution in [2.45, 2.75) is 19.4 Å². The Hall–Kier alpha value is -1.62. The molecule has 0 spiro atoms. The third kappa shape index (κ3) is 3.71. The summed E-state index contributed by atoms with van der Waals surface area (Å²) >= 11 is 0. The topological polar surface area (TPSA) is 62.5 Å². The van der Waals surface area contributed by atoms with Crippen LogP contribution in [0.1, 0.15) is 29.7 Å². The minimum Gasteiger partial charge on any atom is -0.478 e. The number of rotatable bonds is 5. The van der Waals surface area contributed by atoms with E-state index < -0.39 is 5.97 Å². The molecule has 1 atom stereocenters. The van der Waals surface area contributed by atoms with Crippen molar-refractivity contribution in [1.29, 1.82) is 0 Å². The molecule has 0 saturated carbocycles. The van der Waals surface area contributed by atoms with Gasteiger partial charge in [0, 0.05) is 18.3 Å². The molecule has 1 aromatic heterocycles. The normalized spacial score (nSPS) is 12.7. The minimum absolute atomic E-state index is 0.0100. The van der Waals surface area contributed by atoms with Crippen LogP contribution in [0.4, 0.5) is 0 Å². The van der Waals surface area contributed by atoms with Crippen molar-refractivity contribution in [2.24, 2.45) is 0 Å². The zero-order chi connectivity index (χ0) is 13.0. The molecule has 0 saturated heterocycles. The maximum Gasteiger partial charge on any atom is 0.337 e. The predicted molar refractivity (Wildman–Crippen MR) is 65.5 cm³/mol. The van der Waals surface area contributed by atoms with Crippen molar-refractivity contribution in [3.05, 3.63) is 34.2 Å². The van der Waals surface area contributed by atoms with Crippen LogP contribution < -0.4 is 5.56 Å². The van der Waals surface area contributed by atoms with Crippen LogP contribution in [0.15, 0.2) is 23.1 Å².